The summed E-state index contributed by atoms with van der Waals surface area (Å²) in [4.78, 5) is 6.86. The van der Waals surface area contributed by atoms with E-state index in [0.717, 1.165) is 45.5 Å². The molecule has 3 heterocycles. The maximum absolute atomic E-state index is 9.83. The third kappa shape index (κ3) is 4.80. The van der Waals surface area contributed by atoms with Crippen molar-refractivity contribution in [1.82, 2.24) is 14.9 Å². The van der Waals surface area contributed by atoms with Crippen molar-refractivity contribution >= 4 is 23.0 Å². The number of hydrogen-bond acceptors (Lipinski definition) is 4. The van der Waals surface area contributed by atoms with Crippen LogP contribution >= 0.6 is 12.2 Å². The molecule has 2 aromatic heterocycles. The highest BCUT2D eigenvalue weighted by Crippen LogP contribution is 2.44. The highest BCUT2D eigenvalue weighted by atomic mass is 32.1. The lowest BCUT2D eigenvalue weighted by Crippen LogP contribution is -2.29. The molecule has 6 rings (SSSR count). The molecule has 2 N–H and O–H groups in total. The molecule has 0 spiro atoms. The molecule has 1 fully saturated rings. The quantitative estimate of drug-likeness (QED) is 0.215. The number of phenols is 1. The van der Waals surface area contributed by atoms with Gasteiger partial charge in [0.25, 0.3) is 0 Å². The van der Waals surface area contributed by atoms with E-state index in [9.17, 15) is 5.11 Å². The van der Waals surface area contributed by atoms with E-state index >= 15 is 0 Å². The van der Waals surface area contributed by atoms with Crippen LogP contribution in [0.1, 0.15) is 40.3 Å². The normalized spacial score (nSPS) is 16.7. The maximum Gasteiger partial charge on any atom is 0.174 e. The molecular formula is C33H30N4O2S. The molecule has 6 nitrogen and oxygen atoms in total. The summed E-state index contributed by atoms with van der Waals surface area (Å²) in [7, 11) is 0. The van der Waals surface area contributed by atoms with E-state index in [1.54, 1.807) is 12.1 Å². The number of benzene rings is 3. The Kier molecular flexibility index (Phi) is 6.74. The fourth-order valence-corrected chi connectivity index (χ4v) is 5.80. The molecule has 1 aliphatic rings. The van der Waals surface area contributed by atoms with Crippen LogP contribution in [-0.4, -0.2) is 19.8 Å². The minimum atomic E-state index is -0.147. The SMILES string of the molecule is Cc1ccc(Oc2ccc(N3C(=S)NC(c4ccccn4)C3c3cc(C)n(-c4ccc(O)cc4)c3C)cc2)cc1. The van der Waals surface area contributed by atoms with Gasteiger partial charge in [0.1, 0.15) is 17.2 Å². The van der Waals surface area contributed by atoms with Gasteiger partial charge in [0.05, 0.1) is 17.8 Å². The van der Waals surface area contributed by atoms with Gasteiger partial charge in [-0.25, -0.2) is 0 Å². The van der Waals surface area contributed by atoms with Crippen molar-refractivity contribution in [3.05, 3.63) is 131 Å². The standard InChI is InChI=1S/C33H30N4O2S/c1-21-7-15-27(16-8-21)39-28-17-11-25(12-18-28)37-32(31(35-33(37)40)30-6-4-5-19-34-30)29-20-22(2)36(23(29)3)24-9-13-26(38)14-10-24/h4-20,31-32,38H,1-3H3,(H,35,40). The number of nitrogens with zero attached hydrogens (tertiary/aromatic N) is 3. The number of phenolic OH excluding ortho intramolecular Hbond substituents is 1. The van der Waals surface area contributed by atoms with Gasteiger partial charge >= 0.3 is 0 Å². The van der Waals surface area contributed by atoms with Crippen molar-refractivity contribution in [1.29, 1.82) is 0 Å². The summed E-state index contributed by atoms with van der Waals surface area (Å²) >= 11 is 5.94. The van der Waals surface area contributed by atoms with Crippen molar-refractivity contribution < 1.29 is 9.84 Å². The molecule has 7 heteroatoms. The molecule has 5 aromatic rings. The van der Waals surface area contributed by atoms with Crippen LogP contribution in [0.3, 0.4) is 0 Å². The summed E-state index contributed by atoms with van der Waals surface area (Å²) < 4.78 is 8.29. The van der Waals surface area contributed by atoms with Crippen molar-refractivity contribution in [2.45, 2.75) is 32.9 Å². The first kappa shape index (κ1) is 25.6. The van der Waals surface area contributed by atoms with Crippen LogP contribution in [0, 0.1) is 20.8 Å². The largest absolute Gasteiger partial charge is 0.508 e. The van der Waals surface area contributed by atoms with E-state index in [2.05, 4.69) is 46.6 Å². The van der Waals surface area contributed by atoms with E-state index in [1.807, 2.05) is 85.1 Å². The van der Waals surface area contributed by atoms with E-state index < -0.39 is 0 Å². The molecule has 0 radical (unpaired) electrons. The van der Waals surface area contributed by atoms with Crippen LogP contribution in [0.5, 0.6) is 17.2 Å². The summed E-state index contributed by atoms with van der Waals surface area (Å²) in [5, 5.41) is 14.0. The van der Waals surface area contributed by atoms with Gasteiger partial charge in [0.15, 0.2) is 5.11 Å². The number of thiocarbonyl (C=S) groups is 1. The predicted octanol–water partition coefficient (Wildman–Crippen LogP) is 7.47. The molecule has 200 valence electrons. The number of rotatable bonds is 6. The topological polar surface area (TPSA) is 62.5 Å². The van der Waals surface area contributed by atoms with Gasteiger partial charge in [-0.15, -0.1) is 0 Å². The Balaban J connectivity index is 1.40. The second-order valence-electron chi connectivity index (χ2n) is 10.1. The zero-order valence-electron chi connectivity index (χ0n) is 22.6. The van der Waals surface area contributed by atoms with E-state index in [1.165, 1.54) is 5.56 Å². The smallest absolute Gasteiger partial charge is 0.174 e. The summed E-state index contributed by atoms with van der Waals surface area (Å²) in [5.74, 6) is 1.80. The summed E-state index contributed by atoms with van der Waals surface area (Å²) in [6.07, 6.45) is 1.82. The second kappa shape index (κ2) is 10.5. The Bertz CT molecular complexity index is 1650. The summed E-state index contributed by atoms with van der Waals surface area (Å²) in [5.41, 5.74) is 7.41. The molecule has 0 amide bonds. The minimum Gasteiger partial charge on any atom is -0.508 e. The van der Waals surface area contributed by atoms with Gasteiger partial charge in [-0.2, -0.15) is 0 Å². The van der Waals surface area contributed by atoms with E-state index in [0.29, 0.717) is 5.11 Å². The fraction of sp³-hybridized carbons (Fsp3) is 0.152. The first-order valence-corrected chi connectivity index (χ1v) is 13.6. The van der Waals surface area contributed by atoms with Crippen LogP contribution in [0.4, 0.5) is 5.69 Å². The lowest BCUT2D eigenvalue weighted by molar-refractivity contribution is 0.475. The lowest BCUT2D eigenvalue weighted by Gasteiger charge is -2.28. The molecule has 0 saturated carbocycles. The molecule has 0 bridgehead atoms. The van der Waals surface area contributed by atoms with Crippen LogP contribution in [0.25, 0.3) is 5.69 Å². The first-order valence-electron chi connectivity index (χ1n) is 13.2. The van der Waals surface area contributed by atoms with Crippen molar-refractivity contribution in [3.63, 3.8) is 0 Å². The Morgan fingerprint density at radius 2 is 1.48 bits per heavy atom. The number of anilines is 1. The molecule has 2 atom stereocenters. The zero-order valence-corrected chi connectivity index (χ0v) is 23.4. The Labute approximate surface area is 239 Å². The molecular weight excluding hydrogens is 516 g/mol. The van der Waals surface area contributed by atoms with Gasteiger partial charge in [-0.05, 0) is 117 Å². The summed E-state index contributed by atoms with van der Waals surface area (Å²) in [6, 6.07) is 31.2. The van der Waals surface area contributed by atoms with Crippen molar-refractivity contribution in [2.75, 3.05) is 4.90 Å². The van der Waals surface area contributed by atoms with E-state index in [4.69, 9.17) is 17.0 Å². The Morgan fingerprint density at radius 3 is 2.12 bits per heavy atom. The molecule has 3 aromatic carbocycles. The average molecular weight is 547 g/mol. The van der Waals surface area contributed by atoms with Gasteiger partial charge < -0.3 is 24.6 Å². The molecule has 0 aliphatic carbocycles. The number of aryl methyl sites for hydroxylation is 2. The monoisotopic (exact) mass is 546 g/mol. The third-order valence-corrected chi connectivity index (χ3v) is 7.68. The van der Waals surface area contributed by atoms with Gasteiger partial charge in [0, 0.05) is 29.0 Å². The molecule has 2 unspecified atom stereocenters. The molecule has 1 aliphatic heterocycles. The van der Waals surface area contributed by atoms with Crippen molar-refractivity contribution in [3.8, 4) is 22.9 Å². The highest BCUT2D eigenvalue weighted by Gasteiger charge is 2.42. The van der Waals surface area contributed by atoms with Crippen LogP contribution in [0.2, 0.25) is 0 Å². The van der Waals surface area contributed by atoms with Crippen molar-refractivity contribution in [2.24, 2.45) is 0 Å². The Hall–Kier alpha value is -4.62. The van der Waals surface area contributed by atoms with Gasteiger partial charge in [0.2, 0.25) is 0 Å². The Morgan fingerprint density at radius 1 is 0.825 bits per heavy atom. The van der Waals surface area contributed by atoms with Crippen LogP contribution in [0.15, 0.2) is 103 Å². The molecule has 1 saturated heterocycles. The number of nitrogens with one attached hydrogen (secondary N) is 1. The number of aromatic nitrogens is 2. The zero-order chi connectivity index (χ0) is 27.8. The second-order valence-corrected chi connectivity index (χ2v) is 10.5. The fourth-order valence-electron chi connectivity index (χ4n) is 5.45. The van der Waals surface area contributed by atoms with Crippen LogP contribution < -0.4 is 15.0 Å². The third-order valence-electron chi connectivity index (χ3n) is 7.37. The van der Waals surface area contributed by atoms with Gasteiger partial charge in [-0.1, -0.05) is 23.8 Å². The van der Waals surface area contributed by atoms with E-state index in [-0.39, 0.29) is 17.8 Å². The number of pyridine rings is 1. The van der Waals surface area contributed by atoms with Crippen LogP contribution in [-0.2, 0) is 0 Å². The molecule has 40 heavy (non-hydrogen) atoms. The van der Waals surface area contributed by atoms with Gasteiger partial charge in [-0.3, -0.25) is 4.98 Å². The minimum absolute atomic E-state index is 0.136. The predicted molar refractivity (Wildman–Crippen MR) is 163 cm³/mol. The lowest BCUT2D eigenvalue weighted by atomic mass is 9.96. The average Bonchev–Trinajstić information content (AvgIpc) is 3.46. The summed E-state index contributed by atoms with van der Waals surface area (Å²) in [6.45, 7) is 6.28. The maximum atomic E-state index is 9.83. The number of ether oxygens (including phenoxy) is 1. The highest BCUT2D eigenvalue weighted by molar-refractivity contribution is 7.80. The number of hydrogen-bond donors (Lipinski definition) is 2. The number of aromatic hydroxyl groups is 1. The first-order chi connectivity index (χ1) is 19.4.